The Morgan fingerprint density at radius 2 is 1.47 bits per heavy atom. The number of nitrogens with two attached hydrogens (primary N) is 1. The third-order valence-corrected chi connectivity index (χ3v) is 2.87. The Kier molecular flexibility index (Phi) is 5.20. The van der Waals surface area contributed by atoms with Crippen LogP contribution in [0.25, 0.3) is 0 Å². The van der Waals surface area contributed by atoms with Crippen molar-refractivity contribution in [3.8, 4) is 0 Å². The molecule has 2 atom stereocenters. The first-order valence-corrected chi connectivity index (χ1v) is 6.34. The molecule has 3 heteroatoms. The minimum Gasteiger partial charge on any atom is -0.460 e. The second kappa shape index (κ2) is 5.38. The molecule has 0 rings (SSSR count). The van der Waals surface area contributed by atoms with Gasteiger partial charge in [-0.25, -0.2) is 0 Å². The molecule has 0 aromatic carbocycles. The lowest BCUT2D eigenvalue weighted by Gasteiger charge is -2.37. The number of hydrogen-bond acceptors (Lipinski definition) is 3. The highest BCUT2D eigenvalue weighted by molar-refractivity contribution is 5.75. The first kappa shape index (κ1) is 16.4. The average molecular weight is 243 g/mol. The Balaban J connectivity index is 4.85. The van der Waals surface area contributed by atoms with Crippen LogP contribution in [-0.2, 0) is 9.53 Å². The van der Waals surface area contributed by atoms with E-state index in [2.05, 4.69) is 20.8 Å². The molecule has 2 N–H and O–H groups in total. The van der Waals surface area contributed by atoms with E-state index in [9.17, 15) is 4.79 Å². The fourth-order valence-electron chi connectivity index (χ4n) is 1.42. The van der Waals surface area contributed by atoms with Gasteiger partial charge < -0.3 is 10.5 Å². The van der Waals surface area contributed by atoms with Gasteiger partial charge in [-0.05, 0) is 32.1 Å². The fourth-order valence-corrected chi connectivity index (χ4v) is 1.42. The molecule has 0 spiro atoms. The standard InChI is InChI=1S/C14H29NO2/c1-9(2)10(11(15)13(3,4)5)17-12(16)14(6,7)8/h9-11H,15H2,1-8H3. The summed E-state index contributed by atoms with van der Waals surface area (Å²) in [5.41, 5.74) is 5.65. The van der Waals surface area contributed by atoms with Crippen molar-refractivity contribution in [2.75, 3.05) is 0 Å². The van der Waals surface area contributed by atoms with E-state index in [1.807, 2.05) is 34.6 Å². The second-order valence-corrected chi connectivity index (χ2v) is 7.26. The van der Waals surface area contributed by atoms with Gasteiger partial charge in [-0.3, -0.25) is 4.79 Å². The molecule has 0 aromatic rings. The van der Waals surface area contributed by atoms with E-state index in [-0.39, 0.29) is 29.4 Å². The average Bonchev–Trinajstić information content (AvgIpc) is 2.08. The normalized spacial score (nSPS) is 16.8. The van der Waals surface area contributed by atoms with Crippen LogP contribution in [0.2, 0.25) is 0 Å². The van der Waals surface area contributed by atoms with E-state index in [0.29, 0.717) is 0 Å². The first-order chi connectivity index (χ1) is 7.37. The summed E-state index contributed by atoms with van der Waals surface area (Å²) in [6.07, 6.45) is -0.235. The van der Waals surface area contributed by atoms with Crippen molar-refractivity contribution in [1.29, 1.82) is 0 Å². The van der Waals surface area contributed by atoms with Gasteiger partial charge in [0.15, 0.2) is 0 Å². The van der Waals surface area contributed by atoms with Crippen LogP contribution in [0.4, 0.5) is 0 Å². The molecule has 2 unspecified atom stereocenters. The van der Waals surface area contributed by atoms with E-state index in [1.54, 1.807) is 0 Å². The zero-order valence-electron chi connectivity index (χ0n) is 12.6. The lowest BCUT2D eigenvalue weighted by molar-refractivity contribution is -0.163. The number of carbonyl (C=O) groups excluding carboxylic acids is 1. The maximum Gasteiger partial charge on any atom is 0.311 e. The highest BCUT2D eigenvalue weighted by Gasteiger charge is 2.36. The second-order valence-electron chi connectivity index (χ2n) is 7.26. The van der Waals surface area contributed by atoms with Crippen LogP contribution in [0.5, 0.6) is 0 Å². The zero-order chi connectivity index (χ0) is 14.0. The van der Waals surface area contributed by atoms with Crippen LogP contribution in [0, 0.1) is 16.7 Å². The van der Waals surface area contributed by atoms with Gasteiger partial charge in [-0.15, -0.1) is 0 Å². The molecule has 0 amide bonds. The van der Waals surface area contributed by atoms with Crippen molar-refractivity contribution in [1.82, 2.24) is 0 Å². The van der Waals surface area contributed by atoms with Crippen LogP contribution in [0.15, 0.2) is 0 Å². The SMILES string of the molecule is CC(C)C(OC(=O)C(C)(C)C)C(N)C(C)(C)C. The molecule has 0 heterocycles. The lowest BCUT2D eigenvalue weighted by Crippen LogP contribution is -2.50. The van der Waals surface area contributed by atoms with E-state index >= 15 is 0 Å². The molecule has 0 radical (unpaired) electrons. The van der Waals surface area contributed by atoms with Gasteiger partial charge in [-0.2, -0.15) is 0 Å². The predicted molar refractivity (Wildman–Crippen MR) is 71.6 cm³/mol. The Morgan fingerprint density at radius 1 is 1.06 bits per heavy atom. The van der Waals surface area contributed by atoms with Crippen molar-refractivity contribution < 1.29 is 9.53 Å². The molecule has 0 saturated carbocycles. The van der Waals surface area contributed by atoms with Crippen LogP contribution in [-0.4, -0.2) is 18.1 Å². The van der Waals surface area contributed by atoms with E-state index in [0.717, 1.165) is 0 Å². The van der Waals surface area contributed by atoms with Crippen molar-refractivity contribution in [3.63, 3.8) is 0 Å². The zero-order valence-corrected chi connectivity index (χ0v) is 12.6. The minimum absolute atomic E-state index is 0.0763. The maximum atomic E-state index is 11.9. The summed E-state index contributed by atoms with van der Waals surface area (Å²) in [5, 5.41) is 0. The highest BCUT2D eigenvalue weighted by Crippen LogP contribution is 2.27. The third kappa shape index (κ3) is 5.07. The topological polar surface area (TPSA) is 52.3 Å². The Labute approximate surface area is 106 Å². The summed E-state index contributed by atoms with van der Waals surface area (Å²) < 4.78 is 5.60. The van der Waals surface area contributed by atoms with Crippen molar-refractivity contribution in [3.05, 3.63) is 0 Å². The van der Waals surface area contributed by atoms with Gasteiger partial charge in [0, 0.05) is 6.04 Å². The van der Waals surface area contributed by atoms with Gasteiger partial charge >= 0.3 is 5.97 Å². The van der Waals surface area contributed by atoms with E-state index in [1.165, 1.54) is 0 Å². The van der Waals surface area contributed by atoms with Crippen molar-refractivity contribution in [2.45, 2.75) is 67.5 Å². The molecule has 0 saturated heterocycles. The molecule has 0 aliphatic rings. The Hall–Kier alpha value is -0.570. The molecular weight excluding hydrogens is 214 g/mol. The van der Waals surface area contributed by atoms with E-state index in [4.69, 9.17) is 10.5 Å². The molecule has 0 bridgehead atoms. The summed E-state index contributed by atoms with van der Waals surface area (Å²) in [5.74, 6) is 0.0337. The maximum absolute atomic E-state index is 11.9. The smallest absolute Gasteiger partial charge is 0.311 e. The molecule has 0 aromatic heterocycles. The quantitative estimate of drug-likeness (QED) is 0.775. The van der Waals surface area contributed by atoms with Crippen LogP contribution < -0.4 is 5.73 Å². The molecule has 0 aliphatic heterocycles. The summed E-state index contributed by atoms with van der Waals surface area (Å²) in [7, 11) is 0. The lowest BCUT2D eigenvalue weighted by atomic mass is 9.80. The first-order valence-electron chi connectivity index (χ1n) is 6.34. The summed E-state index contributed by atoms with van der Waals surface area (Å²) in [6, 6.07) is -0.159. The highest BCUT2D eigenvalue weighted by atomic mass is 16.5. The third-order valence-electron chi connectivity index (χ3n) is 2.87. The summed E-state index contributed by atoms with van der Waals surface area (Å²) in [4.78, 5) is 11.9. The number of ether oxygens (including phenoxy) is 1. The number of hydrogen-bond donors (Lipinski definition) is 1. The Bertz CT molecular complexity index is 258. The molecule has 0 fully saturated rings. The fraction of sp³-hybridized carbons (Fsp3) is 0.929. The number of rotatable bonds is 3. The molecular formula is C14H29NO2. The predicted octanol–water partition coefficient (Wildman–Crippen LogP) is 2.97. The van der Waals surface area contributed by atoms with Gasteiger partial charge in [0.25, 0.3) is 0 Å². The van der Waals surface area contributed by atoms with Gasteiger partial charge in [0.1, 0.15) is 6.10 Å². The van der Waals surface area contributed by atoms with Crippen molar-refractivity contribution >= 4 is 5.97 Å². The van der Waals surface area contributed by atoms with Crippen molar-refractivity contribution in [2.24, 2.45) is 22.5 Å². The van der Waals surface area contributed by atoms with Gasteiger partial charge in [0.2, 0.25) is 0 Å². The van der Waals surface area contributed by atoms with Gasteiger partial charge in [-0.1, -0.05) is 34.6 Å². The monoisotopic (exact) mass is 243 g/mol. The molecule has 0 aliphatic carbocycles. The van der Waals surface area contributed by atoms with Crippen LogP contribution in [0.3, 0.4) is 0 Å². The van der Waals surface area contributed by atoms with Crippen LogP contribution in [0.1, 0.15) is 55.4 Å². The largest absolute Gasteiger partial charge is 0.460 e. The molecule has 3 nitrogen and oxygen atoms in total. The number of carbonyl (C=O) groups is 1. The van der Waals surface area contributed by atoms with E-state index < -0.39 is 5.41 Å². The summed E-state index contributed by atoms with van der Waals surface area (Å²) >= 11 is 0. The molecule has 102 valence electrons. The van der Waals surface area contributed by atoms with Crippen LogP contribution >= 0.6 is 0 Å². The Morgan fingerprint density at radius 3 is 1.71 bits per heavy atom. The molecule has 17 heavy (non-hydrogen) atoms. The van der Waals surface area contributed by atoms with Gasteiger partial charge in [0.05, 0.1) is 5.41 Å². The minimum atomic E-state index is -0.481. The summed E-state index contributed by atoms with van der Waals surface area (Å²) in [6.45, 7) is 15.8. The number of esters is 1.